The van der Waals surface area contributed by atoms with Crippen LogP contribution in [-0.2, 0) is 6.54 Å². The van der Waals surface area contributed by atoms with Crippen LogP contribution in [0.25, 0.3) is 5.69 Å². The number of aromatic nitrogens is 1. The Kier molecular flexibility index (Phi) is 6.30. The molecule has 0 radical (unpaired) electrons. The van der Waals surface area contributed by atoms with E-state index in [0.717, 1.165) is 22.6 Å². The Balaban J connectivity index is 1.63. The van der Waals surface area contributed by atoms with Crippen LogP contribution in [0, 0.1) is 6.92 Å². The second-order valence-electron chi connectivity index (χ2n) is 7.36. The van der Waals surface area contributed by atoms with Gasteiger partial charge in [-0.3, -0.25) is 4.57 Å². The van der Waals surface area contributed by atoms with E-state index >= 15 is 0 Å². The fourth-order valence-corrected chi connectivity index (χ4v) is 4.22. The fourth-order valence-electron chi connectivity index (χ4n) is 3.07. The molecule has 2 aromatic carbocycles. The third-order valence-corrected chi connectivity index (χ3v) is 6.35. The van der Waals surface area contributed by atoms with Gasteiger partial charge < -0.3 is 14.4 Å². The zero-order chi connectivity index (χ0) is 24.8. The molecule has 0 aliphatic carbocycles. The van der Waals surface area contributed by atoms with Gasteiger partial charge in [0.15, 0.2) is 16.3 Å². The van der Waals surface area contributed by atoms with Gasteiger partial charge in [0.05, 0.1) is 15.7 Å². The number of thiazole rings is 1. The fraction of sp³-hybridized carbons (Fsp3) is 0.238. The number of alkyl halides is 4. The van der Waals surface area contributed by atoms with E-state index in [2.05, 4.69) is 14.5 Å². The van der Waals surface area contributed by atoms with E-state index < -0.39 is 29.7 Å². The third kappa shape index (κ3) is 4.73. The smallest absolute Gasteiger partial charge is 0.421 e. The van der Waals surface area contributed by atoms with Crippen molar-refractivity contribution >= 4 is 40.6 Å². The van der Waals surface area contributed by atoms with Crippen molar-refractivity contribution in [3.05, 3.63) is 67.9 Å². The summed E-state index contributed by atoms with van der Waals surface area (Å²) in [5.74, 6) is -1.11. The number of hydrogen-bond acceptors (Lipinski definition) is 4. The van der Waals surface area contributed by atoms with E-state index in [0.29, 0.717) is 10.0 Å². The number of halogens is 6. The minimum absolute atomic E-state index is 0.205. The maximum Gasteiger partial charge on any atom is 0.507 e. The van der Waals surface area contributed by atoms with Crippen molar-refractivity contribution < 1.29 is 31.8 Å². The average Bonchev–Trinajstić information content (AvgIpc) is 3.10. The number of rotatable bonds is 3. The number of benzene rings is 2. The summed E-state index contributed by atoms with van der Waals surface area (Å²) >= 11 is 13.1. The molecule has 0 saturated heterocycles. The SMILES string of the molecule is Cc1cn(-c2ccc3c(c2)OC(F)(F)C(F)(F)O3)c(=NC(=O)N(C)Cc2ccc(Cl)c(Cl)c2)s1. The van der Waals surface area contributed by atoms with Crippen LogP contribution >= 0.6 is 34.5 Å². The Morgan fingerprint density at radius 3 is 2.41 bits per heavy atom. The quantitative estimate of drug-likeness (QED) is 0.372. The van der Waals surface area contributed by atoms with E-state index in [1.807, 2.05) is 0 Å². The van der Waals surface area contributed by atoms with Gasteiger partial charge in [-0.15, -0.1) is 11.3 Å². The Bertz CT molecular complexity index is 1340. The zero-order valence-electron chi connectivity index (χ0n) is 17.5. The molecule has 4 rings (SSSR count). The number of aryl methyl sites for hydroxylation is 1. The van der Waals surface area contributed by atoms with Crippen molar-refractivity contribution in [2.45, 2.75) is 25.7 Å². The number of nitrogens with zero attached hydrogens (tertiary/aromatic N) is 3. The molecule has 3 aromatic rings. The van der Waals surface area contributed by atoms with Crippen molar-refractivity contribution in [1.29, 1.82) is 0 Å². The van der Waals surface area contributed by atoms with Crippen LogP contribution in [0.2, 0.25) is 10.0 Å². The van der Waals surface area contributed by atoms with Crippen molar-refractivity contribution in [2.75, 3.05) is 7.05 Å². The number of ether oxygens (including phenoxy) is 2. The summed E-state index contributed by atoms with van der Waals surface area (Å²) in [5.41, 5.74) is 0.992. The van der Waals surface area contributed by atoms with Gasteiger partial charge in [-0.1, -0.05) is 29.3 Å². The van der Waals surface area contributed by atoms with Crippen LogP contribution in [0.4, 0.5) is 22.4 Å². The topological polar surface area (TPSA) is 56.1 Å². The van der Waals surface area contributed by atoms with Gasteiger partial charge in [-0.2, -0.15) is 22.6 Å². The highest BCUT2D eigenvalue weighted by Gasteiger charge is 2.65. The van der Waals surface area contributed by atoms with Gasteiger partial charge in [-0.25, -0.2) is 4.79 Å². The molecular weight excluding hydrogens is 521 g/mol. The highest BCUT2D eigenvalue weighted by molar-refractivity contribution is 7.09. The summed E-state index contributed by atoms with van der Waals surface area (Å²) < 4.78 is 63.7. The minimum atomic E-state index is -4.84. The molecular formula is C21H15Cl2F4N3O3S. The van der Waals surface area contributed by atoms with Gasteiger partial charge in [0.2, 0.25) is 0 Å². The summed E-state index contributed by atoms with van der Waals surface area (Å²) in [6.45, 7) is 1.97. The lowest BCUT2D eigenvalue weighted by atomic mass is 10.2. The number of carbonyl (C=O) groups is 1. The monoisotopic (exact) mass is 535 g/mol. The molecule has 1 aliphatic heterocycles. The number of carbonyl (C=O) groups excluding carboxylic acids is 1. The van der Waals surface area contributed by atoms with Gasteiger partial charge in [-0.05, 0) is 36.8 Å². The van der Waals surface area contributed by atoms with Crippen molar-refractivity contribution in [1.82, 2.24) is 9.47 Å². The molecule has 2 amide bonds. The molecule has 180 valence electrons. The van der Waals surface area contributed by atoms with E-state index in [9.17, 15) is 22.4 Å². The van der Waals surface area contributed by atoms with Crippen molar-refractivity contribution in [2.24, 2.45) is 4.99 Å². The van der Waals surface area contributed by atoms with E-state index in [4.69, 9.17) is 23.2 Å². The molecule has 13 heteroatoms. The Morgan fingerprint density at radius 1 is 1.06 bits per heavy atom. The summed E-state index contributed by atoms with van der Waals surface area (Å²) in [5, 5.41) is 0.741. The second-order valence-corrected chi connectivity index (χ2v) is 9.39. The number of fused-ring (bicyclic) bond motifs is 1. The van der Waals surface area contributed by atoms with Crippen LogP contribution in [0.3, 0.4) is 0 Å². The normalized spacial score (nSPS) is 16.4. The Hall–Kier alpha value is -2.76. The van der Waals surface area contributed by atoms with Crippen LogP contribution in [-0.4, -0.2) is 34.8 Å². The predicted octanol–water partition coefficient (Wildman–Crippen LogP) is 6.26. The average molecular weight is 536 g/mol. The van der Waals surface area contributed by atoms with Crippen LogP contribution in [0.5, 0.6) is 11.5 Å². The lowest BCUT2D eigenvalue weighted by molar-refractivity contribution is -0.391. The first-order chi connectivity index (χ1) is 15.9. The molecule has 0 N–H and O–H groups in total. The summed E-state index contributed by atoms with van der Waals surface area (Å²) in [7, 11) is 1.55. The summed E-state index contributed by atoms with van der Waals surface area (Å²) in [4.78, 5) is 19.2. The molecule has 2 heterocycles. The first-order valence-electron chi connectivity index (χ1n) is 9.57. The van der Waals surface area contributed by atoms with Crippen LogP contribution < -0.4 is 14.3 Å². The second kappa shape index (κ2) is 8.79. The third-order valence-electron chi connectivity index (χ3n) is 4.71. The van der Waals surface area contributed by atoms with Gasteiger partial charge in [0, 0.05) is 30.7 Å². The number of urea groups is 1. The van der Waals surface area contributed by atoms with Crippen LogP contribution in [0.15, 0.2) is 47.6 Å². The molecule has 0 bridgehead atoms. The lowest BCUT2D eigenvalue weighted by Gasteiger charge is -2.31. The maximum absolute atomic E-state index is 13.6. The number of amides is 2. The van der Waals surface area contributed by atoms with Crippen molar-refractivity contribution in [3.63, 3.8) is 0 Å². The lowest BCUT2D eigenvalue weighted by Crippen LogP contribution is -2.52. The molecule has 0 saturated carbocycles. The first kappa shape index (κ1) is 24.4. The highest BCUT2D eigenvalue weighted by atomic mass is 35.5. The molecule has 6 nitrogen and oxygen atoms in total. The van der Waals surface area contributed by atoms with Crippen LogP contribution in [0.1, 0.15) is 10.4 Å². The molecule has 34 heavy (non-hydrogen) atoms. The molecule has 1 aromatic heterocycles. The standard InChI is InChI=1S/C21H15Cl2F4N3O3S/c1-11-9-30(13-4-6-16-17(8-13)33-21(26,27)20(24,25)32-16)19(34-11)28-18(31)29(2)10-12-3-5-14(22)15(23)7-12/h3-9H,10H2,1-2H3. The van der Waals surface area contributed by atoms with E-state index in [1.54, 1.807) is 38.4 Å². The molecule has 1 aliphatic rings. The molecule has 0 spiro atoms. The summed E-state index contributed by atoms with van der Waals surface area (Å²) in [6, 6.07) is 7.94. The van der Waals surface area contributed by atoms with Gasteiger partial charge in [0.25, 0.3) is 0 Å². The Labute approximate surface area is 204 Å². The molecule has 0 unspecified atom stereocenters. The Morgan fingerprint density at radius 2 is 1.74 bits per heavy atom. The molecule has 0 fully saturated rings. The summed E-state index contributed by atoms with van der Waals surface area (Å²) in [6.07, 6.45) is -8.03. The minimum Gasteiger partial charge on any atom is -0.421 e. The maximum atomic E-state index is 13.6. The van der Waals surface area contributed by atoms with Gasteiger partial charge in [0.1, 0.15) is 0 Å². The largest absolute Gasteiger partial charge is 0.507 e. The van der Waals surface area contributed by atoms with Crippen molar-refractivity contribution in [3.8, 4) is 17.2 Å². The molecule has 0 atom stereocenters. The van der Waals surface area contributed by atoms with Gasteiger partial charge >= 0.3 is 18.2 Å². The number of hydrogen-bond donors (Lipinski definition) is 0. The van der Waals surface area contributed by atoms with E-state index in [-0.39, 0.29) is 17.0 Å². The van der Waals surface area contributed by atoms with E-state index in [1.165, 1.54) is 26.9 Å². The first-order valence-corrected chi connectivity index (χ1v) is 11.1. The zero-order valence-corrected chi connectivity index (χ0v) is 19.8. The predicted molar refractivity (Wildman–Crippen MR) is 118 cm³/mol. The highest BCUT2D eigenvalue weighted by Crippen LogP contribution is 2.47.